The van der Waals surface area contributed by atoms with Crippen LogP contribution in [0.2, 0.25) is 0 Å². The van der Waals surface area contributed by atoms with Crippen molar-refractivity contribution in [1.29, 1.82) is 0 Å². The molecule has 3 aromatic heterocycles. The molecule has 2 aromatic carbocycles. The van der Waals surface area contributed by atoms with E-state index in [0.717, 1.165) is 33.3 Å². The molecular weight excluding hydrogens is 452 g/mol. The first-order valence-corrected chi connectivity index (χ1v) is 11.7. The van der Waals surface area contributed by atoms with Crippen LogP contribution in [0, 0.1) is 20.8 Å². The highest BCUT2D eigenvalue weighted by molar-refractivity contribution is 5.95. The molecule has 0 saturated heterocycles. The minimum atomic E-state index is -0.502. The van der Waals surface area contributed by atoms with Crippen LogP contribution in [0.3, 0.4) is 0 Å². The summed E-state index contributed by atoms with van der Waals surface area (Å²) in [7, 11) is 0. The average Bonchev–Trinajstić information content (AvgIpc) is 3.24. The fourth-order valence-electron chi connectivity index (χ4n) is 4.08. The molecular formula is C28H26N6O2. The van der Waals surface area contributed by atoms with E-state index in [1.54, 1.807) is 11.6 Å². The fraction of sp³-hybridized carbons (Fsp3) is 0.179. The molecule has 0 bridgehead atoms. The lowest BCUT2D eigenvalue weighted by Gasteiger charge is -2.14. The van der Waals surface area contributed by atoms with Crippen molar-refractivity contribution >= 4 is 28.5 Å². The number of esters is 1. The van der Waals surface area contributed by atoms with Crippen LogP contribution in [-0.4, -0.2) is 37.3 Å². The Kier molecular flexibility index (Phi) is 6.16. The molecule has 180 valence electrons. The Morgan fingerprint density at radius 1 is 1.00 bits per heavy atom. The number of rotatable bonds is 6. The van der Waals surface area contributed by atoms with Gasteiger partial charge in [-0.05, 0) is 51.5 Å². The van der Waals surface area contributed by atoms with Gasteiger partial charge >= 0.3 is 5.97 Å². The molecule has 3 heterocycles. The fourth-order valence-corrected chi connectivity index (χ4v) is 4.08. The Morgan fingerprint density at radius 3 is 2.64 bits per heavy atom. The first-order chi connectivity index (χ1) is 17.4. The molecule has 0 fully saturated rings. The normalized spacial score (nSPS) is 11.0. The van der Waals surface area contributed by atoms with Gasteiger partial charge in [0, 0.05) is 23.2 Å². The summed E-state index contributed by atoms with van der Waals surface area (Å²) < 4.78 is 6.98. The third-order valence-electron chi connectivity index (χ3n) is 5.76. The third kappa shape index (κ3) is 4.53. The van der Waals surface area contributed by atoms with Crippen molar-refractivity contribution in [2.45, 2.75) is 27.7 Å². The summed E-state index contributed by atoms with van der Waals surface area (Å²) in [5.74, 6) is 1.61. The van der Waals surface area contributed by atoms with E-state index < -0.39 is 5.97 Å². The summed E-state index contributed by atoms with van der Waals surface area (Å²) in [6.45, 7) is 7.97. The first kappa shape index (κ1) is 23.2. The number of aryl methyl sites for hydroxylation is 3. The maximum Gasteiger partial charge on any atom is 0.343 e. The number of anilines is 2. The summed E-state index contributed by atoms with van der Waals surface area (Å²) in [6, 6.07) is 19.8. The van der Waals surface area contributed by atoms with E-state index in [1.807, 2.05) is 81.4 Å². The van der Waals surface area contributed by atoms with Crippen molar-refractivity contribution < 1.29 is 9.53 Å². The van der Waals surface area contributed by atoms with Crippen molar-refractivity contribution in [3.63, 3.8) is 0 Å². The predicted octanol–water partition coefficient (Wildman–Crippen LogP) is 5.72. The maximum absolute atomic E-state index is 12.7. The number of ether oxygens (including phenoxy) is 1. The number of nitrogens with zero attached hydrogens (tertiary/aromatic N) is 5. The Bertz CT molecular complexity index is 1590. The zero-order valence-electron chi connectivity index (χ0n) is 20.6. The smallest absolute Gasteiger partial charge is 0.343 e. The van der Waals surface area contributed by atoms with Gasteiger partial charge in [0.1, 0.15) is 17.2 Å². The van der Waals surface area contributed by atoms with Gasteiger partial charge in [-0.15, -0.1) is 0 Å². The zero-order chi connectivity index (χ0) is 25.2. The highest BCUT2D eigenvalue weighted by Gasteiger charge is 2.20. The number of pyridine rings is 1. The van der Waals surface area contributed by atoms with Crippen molar-refractivity contribution in [3.05, 3.63) is 89.2 Å². The van der Waals surface area contributed by atoms with E-state index in [0.29, 0.717) is 23.3 Å². The van der Waals surface area contributed by atoms with E-state index in [9.17, 15) is 4.79 Å². The molecule has 5 aromatic rings. The highest BCUT2D eigenvalue weighted by atomic mass is 16.5. The van der Waals surface area contributed by atoms with Gasteiger partial charge in [0.25, 0.3) is 0 Å². The van der Waals surface area contributed by atoms with Crippen molar-refractivity contribution in [1.82, 2.24) is 24.7 Å². The van der Waals surface area contributed by atoms with Gasteiger partial charge in [0.15, 0.2) is 11.6 Å². The quantitative estimate of drug-likeness (QED) is 0.312. The molecule has 8 heteroatoms. The molecule has 0 spiro atoms. The predicted molar refractivity (Wildman–Crippen MR) is 140 cm³/mol. The third-order valence-corrected chi connectivity index (χ3v) is 5.76. The first-order valence-electron chi connectivity index (χ1n) is 11.7. The van der Waals surface area contributed by atoms with Gasteiger partial charge in [0.2, 0.25) is 0 Å². The molecule has 0 unspecified atom stereocenters. The molecule has 0 saturated carbocycles. The topological polar surface area (TPSA) is 94.8 Å². The number of carbonyl (C=O) groups excluding carboxylic acids is 1. The molecule has 8 nitrogen and oxygen atoms in total. The van der Waals surface area contributed by atoms with Gasteiger partial charge in [-0.2, -0.15) is 9.78 Å². The largest absolute Gasteiger partial charge is 0.462 e. The zero-order valence-corrected chi connectivity index (χ0v) is 20.6. The number of para-hydroxylation sites is 1. The number of hydrogen-bond donors (Lipinski definition) is 1. The second-order valence-electron chi connectivity index (χ2n) is 8.57. The van der Waals surface area contributed by atoms with Crippen molar-refractivity contribution in [3.8, 4) is 17.2 Å². The van der Waals surface area contributed by atoms with Crippen LogP contribution in [0.25, 0.3) is 28.1 Å². The van der Waals surface area contributed by atoms with Crippen LogP contribution in [-0.2, 0) is 4.74 Å². The Hall–Kier alpha value is -4.59. The number of fused-ring (bicyclic) bond motifs is 1. The number of benzene rings is 2. The maximum atomic E-state index is 12.7. The van der Waals surface area contributed by atoms with Crippen LogP contribution in [0.1, 0.15) is 34.1 Å². The standard InChI is InChI=1S/C28H26N6O2/c1-5-36-28(35)22-16-29-26(20-10-8-9-17(2)13-20)32-27(22)31-25-15-19(4)33-34(25)24-14-18(3)21-11-6-7-12-23(21)30-24/h6-16H,5H2,1-4H3,(H,29,31,32). The lowest BCUT2D eigenvalue weighted by molar-refractivity contribution is 0.0526. The monoisotopic (exact) mass is 478 g/mol. The molecule has 36 heavy (non-hydrogen) atoms. The van der Waals surface area contributed by atoms with Crippen molar-refractivity contribution in [2.75, 3.05) is 11.9 Å². The Labute approximate surface area is 209 Å². The lowest BCUT2D eigenvalue weighted by Crippen LogP contribution is -2.13. The van der Waals surface area contributed by atoms with Crippen LogP contribution < -0.4 is 5.32 Å². The number of aromatic nitrogens is 5. The summed E-state index contributed by atoms with van der Waals surface area (Å²) in [6.07, 6.45) is 1.50. The SMILES string of the molecule is CCOC(=O)c1cnc(-c2cccc(C)c2)nc1Nc1cc(C)nn1-c1cc(C)c2ccccc2n1. The van der Waals surface area contributed by atoms with Crippen LogP contribution >= 0.6 is 0 Å². The van der Waals surface area contributed by atoms with Gasteiger partial charge in [0.05, 0.1) is 17.8 Å². The van der Waals surface area contributed by atoms with Gasteiger partial charge < -0.3 is 10.1 Å². The molecule has 1 N–H and O–H groups in total. The second-order valence-corrected chi connectivity index (χ2v) is 8.57. The molecule has 0 aliphatic heterocycles. The molecule has 5 rings (SSSR count). The van der Waals surface area contributed by atoms with E-state index in [4.69, 9.17) is 14.7 Å². The average molecular weight is 479 g/mol. The number of carbonyl (C=O) groups is 1. The molecule has 0 atom stereocenters. The van der Waals surface area contributed by atoms with E-state index in [1.165, 1.54) is 6.20 Å². The molecule has 0 radical (unpaired) electrons. The summed E-state index contributed by atoms with van der Waals surface area (Å²) in [5.41, 5.74) is 4.93. The molecule has 0 aliphatic rings. The minimum absolute atomic E-state index is 0.237. The van der Waals surface area contributed by atoms with Crippen LogP contribution in [0.5, 0.6) is 0 Å². The Morgan fingerprint density at radius 2 is 1.83 bits per heavy atom. The molecule has 0 amide bonds. The van der Waals surface area contributed by atoms with Crippen LogP contribution in [0.4, 0.5) is 11.6 Å². The second kappa shape index (κ2) is 9.58. The summed E-state index contributed by atoms with van der Waals surface area (Å²) in [4.78, 5) is 26.7. The number of hydrogen-bond acceptors (Lipinski definition) is 7. The van der Waals surface area contributed by atoms with E-state index >= 15 is 0 Å². The minimum Gasteiger partial charge on any atom is -0.462 e. The van der Waals surface area contributed by atoms with E-state index in [2.05, 4.69) is 15.4 Å². The number of nitrogens with one attached hydrogen (secondary N) is 1. The lowest BCUT2D eigenvalue weighted by atomic mass is 10.1. The van der Waals surface area contributed by atoms with Gasteiger partial charge in [-0.1, -0.05) is 42.0 Å². The molecule has 0 aliphatic carbocycles. The van der Waals surface area contributed by atoms with Crippen LogP contribution in [0.15, 0.2) is 66.9 Å². The summed E-state index contributed by atoms with van der Waals surface area (Å²) >= 11 is 0. The van der Waals surface area contributed by atoms with Crippen molar-refractivity contribution in [2.24, 2.45) is 0 Å². The summed E-state index contributed by atoms with van der Waals surface area (Å²) in [5, 5.41) is 9.05. The highest BCUT2D eigenvalue weighted by Crippen LogP contribution is 2.27. The van der Waals surface area contributed by atoms with E-state index in [-0.39, 0.29) is 12.2 Å². The Balaban J connectivity index is 1.61. The van der Waals surface area contributed by atoms with Gasteiger partial charge in [-0.25, -0.2) is 19.7 Å². The van der Waals surface area contributed by atoms with Gasteiger partial charge in [-0.3, -0.25) is 0 Å².